The smallest absolute Gasteiger partial charge is 0.322 e. The third kappa shape index (κ3) is 8.62. The predicted molar refractivity (Wildman–Crippen MR) is 126 cm³/mol. The van der Waals surface area contributed by atoms with Gasteiger partial charge in [0.1, 0.15) is 0 Å². The van der Waals surface area contributed by atoms with Gasteiger partial charge in [-0.2, -0.15) is 17.9 Å². The van der Waals surface area contributed by atoms with Crippen molar-refractivity contribution in [3.8, 4) is 0 Å². The number of alkyl halides is 3. The van der Waals surface area contributed by atoms with Gasteiger partial charge in [-0.1, -0.05) is 104 Å². The summed E-state index contributed by atoms with van der Waals surface area (Å²) in [5.41, 5.74) is 4.24. The van der Waals surface area contributed by atoms with Crippen molar-refractivity contribution in [1.29, 1.82) is 0 Å². The van der Waals surface area contributed by atoms with Crippen molar-refractivity contribution in [2.75, 3.05) is 0 Å². The Morgan fingerprint density at radius 3 is 1.62 bits per heavy atom. The van der Waals surface area contributed by atoms with E-state index in [-0.39, 0.29) is 19.5 Å². The van der Waals surface area contributed by atoms with E-state index in [1.165, 1.54) is 23.3 Å². The van der Waals surface area contributed by atoms with E-state index in [1.54, 1.807) is 53.3 Å². The van der Waals surface area contributed by atoms with E-state index in [0.29, 0.717) is 17.0 Å². The topological polar surface area (TPSA) is 72.2 Å². The maximum absolute atomic E-state index is 12.7. The van der Waals surface area contributed by atoms with Gasteiger partial charge in [0.2, 0.25) is 0 Å². The minimum Gasteiger partial charge on any atom is -0.322 e. The largest absolute Gasteiger partial charge is 0.511 e. The van der Waals surface area contributed by atoms with E-state index < -0.39 is 27.6 Å². The van der Waals surface area contributed by atoms with Crippen LogP contribution in [-0.2, 0) is 29.5 Å². The van der Waals surface area contributed by atoms with Gasteiger partial charge < -0.3 is 5.73 Å². The normalized spacial score (nSPS) is 13.3. The van der Waals surface area contributed by atoms with Gasteiger partial charge in [0.25, 0.3) is 0 Å². The van der Waals surface area contributed by atoms with Crippen molar-refractivity contribution in [2.24, 2.45) is 5.73 Å². The summed E-state index contributed by atoms with van der Waals surface area (Å²) in [6.07, 6.45) is 0. The fraction of sp³-hybridized carbons (Fsp3) is 0.280. The van der Waals surface area contributed by atoms with E-state index in [9.17, 15) is 21.6 Å². The van der Waals surface area contributed by atoms with Gasteiger partial charge in [-0.3, -0.25) is 0 Å². The number of nitrogens with one attached hydrogen (secondary N) is 1. The zero-order valence-corrected chi connectivity index (χ0v) is 21.7. The SMILES string of the molecule is Cc1ccc(C(C)C)cc1.N[C@@H](c1ccccc1)[C@@H](NS(=O)(=O)C(F)(F)F)c1ccccc1.[Ru]. The van der Waals surface area contributed by atoms with Gasteiger partial charge in [0, 0.05) is 19.5 Å². The summed E-state index contributed by atoms with van der Waals surface area (Å²) >= 11 is 0. The summed E-state index contributed by atoms with van der Waals surface area (Å²) in [6.45, 7) is 6.54. The van der Waals surface area contributed by atoms with Gasteiger partial charge >= 0.3 is 15.5 Å². The Bertz CT molecular complexity index is 1090. The van der Waals surface area contributed by atoms with Crippen molar-refractivity contribution >= 4 is 10.0 Å². The number of sulfonamides is 1. The first-order chi connectivity index (χ1) is 15.4. The van der Waals surface area contributed by atoms with Gasteiger partial charge in [-0.05, 0) is 29.5 Å². The molecule has 9 heteroatoms. The molecule has 0 saturated carbocycles. The molecule has 0 spiro atoms. The summed E-state index contributed by atoms with van der Waals surface area (Å²) in [5, 5.41) is 0. The molecule has 0 saturated heterocycles. The molecule has 3 aromatic rings. The first kappa shape index (κ1) is 30.0. The molecular weight excluding hydrogens is 550 g/mol. The molecule has 3 N–H and O–H groups in total. The van der Waals surface area contributed by atoms with Crippen molar-refractivity contribution in [3.05, 3.63) is 107 Å². The molecule has 0 amide bonds. The van der Waals surface area contributed by atoms with E-state index in [4.69, 9.17) is 5.73 Å². The first-order valence-corrected chi connectivity index (χ1v) is 11.9. The predicted octanol–water partition coefficient (Wildman–Crippen LogP) is 5.98. The van der Waals surface area contributed by atoms with Crippen LogP contribution in [0, 0.1) is 6.92 Å². The standard InChI is InChI=1S/C15H15F3N2O2S.C10H14.Ru/c16-15(17,18)23(21,22)20-14(12-9-5-2-6-10-12)13(19)11-7-3-1-4-8-11;1-8(2)10-6-4-9(3)5-7-10;/h1-10,13-14,20H,19H2;4-8H,1-3H3;/t13-,14-;;/m0../s1. The molecule has 0 aliphatic rings. The maximum atomic E-state index is 12.7. The van der Waals surface area contributed by atoms with E-state index >= 15 is 0 Å². The molecule has 0 aliphatic carbocycles. The Labute approximate surface area is 212 Å². The van der Waals surface area contributed by atoms with Crippen molar-refractivity contribution in [1.82, 2.24) is 4.72 Å². The third-order valence-electron chi connectivity index (χ3n) is 5.03. The van der Waals surface area contributed by atoms with Crippen LogP contribution in [0.1, 0.15) is 54.1 Å². The number of hydrogen-bond acceptors (Lipinski definition) is 3. The quantitative estimate of drug-likeness (QED) is 0.353. The molecule has 0 heterocycles. The number of hydrogen-bond donors (Lipinski definition) is 2. The van der Waals surface area contributed by atoms with Crippen LogP contribution in [0.4, 0.5) is 13.2 Å². The Hall–Kier alpha value is -2.06. The maximum Gasteiger partial charge on any atom is 0.511 e. The Morgan fingerprint density at radius 2 is 1.21 bits per heavy atom. The molecule has 0 bridgehead atoms. The molecule has 3 aromatic carbocycles. The second-order valence-corrected chi connectivity index (χ2v) is 9.66. The van der Waals surface area contributed by atoms with Crippen LogP contribution in [0.5, 0.6) is 0 Å². The zero-order valence-electron chi connectivity index (χ0n) is 19.1. The molecule has 0 fully saturated rings. The number of halogens is 3. The Balaban J connectivity index is 0.000000442. The van der Waals surface area contributed by atoms with E-state index in [0.717, 1.165) is 0 Å². The number of aryl methyl sites for hydroxylation is 1. The van der Waals surface area contributed by atoms with Crippen LogP contribution >= 0.6 is 0 Å². The minimum absolute atomic E-state index is 0. The van der Waals surface area contributed by atoms with Gasteiger partial charge in [-0.15, -0.1) is 0 Å². The second kappa shape index (κ2) is 13.1. The summed E-state index contributed by atoms with van der Waals surface area (Å²) in [6, 6.07) is 22.7. The molecule has 0 aliphatic heterocycles. The monoisotopic (exact) mass is 580 g/mol. The molecule has 3 rings (SSSR count). The summed E-state index contributed by atoms with van der Waals surface area (Å²) in [5.74, 6) is 0.653. The van der Waals surface area contributed by atoms with Crippen LogP contribution in [-0.4, -0.2) is 13.9 Å². The third-order valence-corrected chi connectivity index (χ3v) is 6.21. The zero-order chi connectivity index (χ0) is 24.6. The van der Waals surface area contributed by atoms with Gasteiger partial charge in [-0.25, -0.2) is 8.42 Å². The number of benzene rings is 3. The summed E-state index contributed by atoms with van der Waals surface area (Å²) < 4.78 is 62.7. The fourth-order valence-corrected chi connectivity index (χ4v) is 3.81. The van der Waals surface area contributed by atoms with Crippen LogP contribution in [0.2, 0.25) is 0 Å². The number of nitrogens with two attached hydrogens (primary N) is 1. The summed E-state index contributed by atoms with van der Waals surface area (Å²) in [4.78, 5) is 0. The molecule has 34 heavy (non-hydrogen) atoms. The van der Waals surface area contributed by atoms with Crippen LogP contribution < -0.4 is 10.5 Å². The van der Waals surface area contributed by atoms with Crippen molar-refractivity contribution < 1.29 is 41.1 Å². The van der Waals surface area contributed by atoms with Crippen molar-refractivity contribution in [2.45, 2.75) is 44.3 Å². The Morgan fingerprint density at radius 1 is 0.765 bits per heavy atom. The summed E-state index contributed by atoms with van der Waals surface area (Å²) in [7, 11) is -5.53. The second-order valence-electron chi connectivity index (χ2n) is 7.96. The van der Waals surface area contributed by atoms with Gasteiger partial charge in [0.15, 0.2) is 0 Å². The van der Waals surface area contributed by atoms with E-state index in [1.807, 2.05) is 0 Å². The van der Waals surface area contributed by atoms with Crippen LogP contribution in [0.15, 0.2) is 84.9 Å². The first-order valence-electron chi connectivity index (χ1n) is 10.4. The molecule has 2 atom stereocenters. The molecule has 0 radical (unpaired) electrons. The fourth-order valence-electron chi connectivity index (χ4n) is 3.06. The molecule has 4 nitrogen and oxygen atoms in total. The minimum atomic E-state index is -5.53. The van der Waals surface area contributed by atoms with E-state index in [2.05, 4.69) is 45.0 Å². The van der Waals surface area contributed by atoms with Crippen LogP contribution in [0.25, 0.3) is 0 Å². The average molecular weight is 580 g/mol. The average Bonchev–Trinajstić information content (AvgIpc) is 2.78. The van der Waals surface area contributed by atoms with Crippen molar-refractivity contribution in [3.63, 3.8) is 0 Å². The van der Waals surface area contributed by atoms with Gasteiger partial charge in [0.05, 0.1) is 12.1 Å². The molecule has 0 unspecified atom stereocenters. The number of rotatable bonds is 6. The Kier molecular flexibility index (Phi) is 11.6. The molecular formula is C25H29F3N2O2RuS. The van der Waals surface area contributed by atoms with Crippen LogP contribution in [0.3, 0.4) is 0 Å². The molecule has 186 valence electrons. The molecule has 0 aromatic heterocycles.